The third-order valence-corrected chi connectivity index (χ3v) is 2.08. The van der Waals surface area contributed by atoms with Gasteiger partial charge in [0.05, 0.1) is 0 Å². The van der Waals surface area contributed by atoms with Gasteiger partial charge in [0.15, 0.2) is 6.17 Å². The third kappa shape index (κ3) is 3.30. The molecule has 0 aliphatic heterocycles. The van der Waals surface area contributed by atoms with Gasteiger partial charge in [-0.1, -0.05) is 0 Å². The summed E-state index contributed by atoms with van der Waals surface area (Å²) < 4.78 is 18.1. The third-order valence-electron chi connectivity index (χ3n) is 1.36. The predicted octanol–water partition coefficient (Wildman–Crippen LogP) is 2.55. The molecule has 1 unspecified atom stereocenters. The van der Waals surface area contributed by atoms with E-state index in [1.54, 1.807) is 24.3 Å². The first-order valence-corrected chi connectivity index (χ1v) is 4.79. The Balaban J connectivity index is 2.65. The summed E-state index contributed by atoms with van der Waals surface area (Å²) in [5, 5.41) is 0. The van der Waals surface area contributed by atoms with Crippen molar-refractivity contribution in [2.45, 2.75) is 13.1 Å². The van der Waals surface area contributed by atoms with Crippen molar-refractivity contribution in [1.29, 1.82) is 0 Å². The van der Waals surface area contributed by atoms with Crippen molar-refractivity contribution in [3.05, 3.63) is 27.8 Å². The molecule has 0 aliphatic rings. The van der Waals surface area contributed by atoms with Crippen LogP contribution in [0.1, 0.15) is 6.92 Å². The van der Waals surface area contributed by atoms with Crippen LogP contribution in [-0.4, -0.2) is 12.1 Å². The molecule has 0 amide bonds. The molecule has 1 atom stereocenters. The van der Waals surface area contributed by atoms with Crippen LogP contribution in [0.4, 0.5) is 4.39 Å². The molecule has 0 aromatic heterocycles. The zero-order valence-corrected chi connectivity index (χ0v) is 9.12. The molecule has 0 fully saturated rings. The summed E-state index contributed by atoms with van der Waals surface area (Å²) in [7, 11) is 0. The Morgan fingerprint density at radius 1 is 1.46 bits per heavy atom. The Labute approximate surface area is 89.2 Å². The molecular weight excluding hydrogens is 286 g/mol. The molecule has 0 spiro atoms. The molecule has 1 rings (SSSR count). The van der Waals surface area contributed by atoms with Crippen LogP contribution in [-0.2, 0) is 4.79 Å². The van der Waals surface area contributed by atoms with Crippen LogP contribution in [0.25, 0.3) is 0 Å². The molecule has 0 N–H and O–H groups in total. The van der Waals surface area contributed by atoms with Gasteiger partial charge in [-0.2, -0.15) is 0 Å². The second kappa shape index (κ2) is 4.55. The highest BCUT2D eigenvalue weighted by molar-refractivity contribution is 14.1. The first-order chi connectivity index (χ1) is 6.09. The van der Waals surface area contributed by atoms with E-state index in [0.717, 1.165) is 10.5 Å². The van der Waals surface area contributed by atoms with E-state index >= 15 is 0 Å². The van der Waals surface area contributed by atoms with Gasteiger partial charge >= 0.3 is 5.97 Å². The molecular formula is C9H8FIO2. The largest absolute Gasteiger partial charge is 0.424 e. The van der Waals surface area contributed by atoms with Crippen LogP contribution >= 0.6 is 22.6 Å². The molecule has 1 aromatic carbocycles. The SMILES string of the molecule is CC(F)C(=O)Oc1ccc(I)cc1. The zero-order chi connectivity index (χ0) is 9.84. The van der Waals surface area contributed by atoms with Crippen molar-refractivity contribution in [1.82, 2.24) is 0 Å². The Kier molecular flexibility index (Phi) is 3.65. The number of esters is 1. The van der Waals surface area contributed by atoms with Crippen LogP contribution in [0.2, 0.25) is 0 Å². The van der Waals surface area contributed by atoms with Crippen molar-refractivity contribution in [2.24, 2.45) is 0 Å². The van der Waals surface area contributed by atoms with Crippen molar-refractivity contribution in [3.63, 3.8) is 0 Å². The Hall–Kier alpha value is -0.650. The van der Waals surface area contributed by atoms with Crippen LogP contribution in [0.3, 0.4) is 0 Å². The second-order valence-corrected chi connectivity index (χ2v) is 3.74. The maximum atomic E-state index is 12.4. The lowest BCUT2D eigenvalue weighted by atomic mass is 10.3. The Morgan fingerprint density at radius 2 is 2.00 bits per heavy atom. The average Bonchev–Trinajstić information content (AvgIpc) is 2.08. The van der Waals surface area contributed by atoms with Gasteiger partial charge in [-0.3, -0.25) is 0 Å². The number of benzene rings is 1. The lowest BCUT2D eigenvalue weighted by Crippen LogP contribution is -2.18. The topological polar surface area (TPSA) is 26.3 Å². The van der Waals surface area contributed by atoms with E-state index in [4.69, 9.17) is 4.74 Å². The summed E-state index contributed by atoms with van der Waals surface area (Å²) in [6.07, 6.45) is -1.58. The molecule has 0 aliphatic carbocycles. The number of rotatable bonds is 2. The standard InChI is InChI=1S/C9H8FIO2/c1-6(10)9(12)13-8-4-2-7(11)3-5-8/h2-6H,1H3. The number of alkyl halides is 1. The first-order valence-electron chi connectivity index (χ1n) is 3.71. The summed E-state index contributed by atoms with van der Waals surface area (Å²) in [6, 6.07) is 6.82. The number of hydrogen-bond acceptors (Lipinski definition) is 2. The number of hydrogen-bond donors (Lipinski definition) is 0. The molecule has 0 heterocycles. The van der Waals surface area contributed by atoms with Crippen LogP contribution in [0, 0.1) is 3.57 Å². The highest BCUT2D eigenvalue weighted by atomic mass is 127. The summed E-state index contributed by atoms with van der Waals surface area (Å²) in [5.74, 6) is -0.490. The zero-order valence-electron chi connectivity index (χ0n) is 6.96. The van der Waals surface area contributed by atoms with E-state index < -0.39 is 12.1 Å². The fourth-order valence-corrected chi connectivity index (χ4v) is 1.06. The smallest absolute Gasteiger partial charge is 0.345 e. The second-order valence-electron chi connectivity index (χ2n) is 2.49. The fourth-order valence-electron chi connectivity index (χ4n) is 0.700. The normalized spacial score (nSPS) is 12.2. The van der Waals surface area contributed by atoms with Gasteiger partial charge in [-0.25, -0.2) is 9.18 Å². The van der Waals surface area contributed by atoms with Crippen molar-refractivity contribution < 1.29 is 13.9 Å². The van der Waals surface area contributed by atoms with E-state index in [1.807, 2.05) is 0 Å². The van der Waals surface area contributed by atoms with Crippen LogP contribution < -0.4 is 4.74 Å². The summed E-state index contributed by atoms with van der Waals surface area (Å²) in [6.45, 7) is 1.15. The minimum absolute atomic E-state index is 0.370. The molecule has 0 bridgehead atoms. The van der Waals surface area contributed by atoms with Crippen molar-refractivity contribution in [2.75, 3.05) is 0 Å². The summed E-state index contributed by atoms with van der Waals surface area (Å²) >= 11 is 2.13. The number of halogens is 2. The molecule has 0 saturated carbocycles. The van der Waals surface area contributed by atoms with Gasteiger partial charge < -0.3 is 4.74 Å². The lowest BCUT2D eigenvalue weighted by Gasteiger charge is -2.03. The quantitative estimate of drug-likeness (QED) is 0.476. The number of carbonyl (C=O) groups excluding carboxylic acids is 1. The van der Waals surface area contributed by atoms with Gasteiger partial charge in [-0.15, -0.1) is 0 Å². The minimum Gasteiger partial charge on any atom is -0.424 e. The van der Waals surface area contributed by atoms with E-state index in [-0.39, 0.29) is 0 Å². The Bertz CT molecular complexity index is 295. The summed E-state index contributed by atoms with van der Waals surface area (Å²) in [4.78, 5) is 10.8. The maximum Gasteiger partial charge on any atom is 0.345 e. The number of ether oxygens (including phenoxy) is 1. The molecule has 0 saturated heterocycles. The maximum absolute atomic E-state index is 12.4. The van der Waals surface area contributed by atoms with E-state index in [9.17, 15) is 9.18 Å². The molecule has 1 aromatic rings. The van der Waals surface area contributed by atoms with E-state index in [0.29, 0.717) is 5.75 Å². The van der Waals surface area contributed by atoms with Crippen LogP contribution in [0.15, 0.2) is 24.3 Å². The fraction of sp³-hybridized carbons (Fsp3) is 0.222. The van der Waals surface area contributed by atoms with Gasteiger partial charge in [0.1, 0.15) is 5.75 Å². The van der Waals surface area contributed by atoms with Gasteiger partial charge in [0.25, 0.3) is 0 Å². The molecule has 0 radical (unpaired) electrons. The summed E-state index contributed by atoms with van der Waals surface area (Å²) in [5.41, 5.74) is 0. The van der Waals surface area contributed by atoms with E-state index in [1.165, 1.54) is 0 Å². The molecule has 2 nitrogen and oxygen atoms in total. The van der Waals surface area contributed by atoms with Gasteiger partial charge in [0.2, 0.25) is 0 Å². The average molecular weight is 294 g/mol. The van der Waals surface area contributed by atoms with E-state index in [2.05, 4.69) is 22.6 Å². The first kappa shape index (κ1) is 10.4. The van der Waals surface area contributed by atoms with Crippen LogP contribution in [0.5, 0.6) is 5.75 Å². The molecule has 4 heteroatoms. The van der Waals surface area contributed by atoms with Gasteiger partial charge in [-0.05, 0) is 53.8 Å². The number of carbonyl (C=O) groups is 1. The highest BCUT2D eigenvalue weighted by Gasteiger charge is 2.12. The predicted molar refractivity (Wildman–Crippen MR) is 55.4 cm³/mol. The van der Waals surface area contributed by atoms with Gasteiger partial charge in [0, 0.05) is 3.57 Å². The Morgan fingerprint density at radius 3 is 2.46 bits per heavy atom. The highest BCUT2D eigenvalue weighted by Crippen LogP contribution is 2.14. The minimum atomic E-state index is -1.58. The van der Waals surface area contributed by atoms with Crippen molar-refractivity contribution >= 4 is 28.6 Å². The molecule has 13 heavy (non-hydrogen) atoms. The van der Waals surface area contributed by atoms with Crippen molar-refractivity contribution in [3.8, 4) is 5.75 Å². The monoisotopic (exact) mass is 294 g/mol. The molecule has 70 valence electrons. The lowest BCUT2D eigenvalue weighted by molar-refractivity contribution is -0.139.